The number of hydrogen-bond acceptors (Lipinski definition) is 3. The number of nitrogens with zero attached hydrogens (tertiary/aromatic N) is 1. The SMILES string of the molecule is O=c1[nH]cnc(Nc2ccccc2I)c1I. The van der Waals surface area contributed by atoms with Gasteiger partial charge in [-0.25, -0.2) is 4.98 Å². The van der Waals surface area contributed by atoms with Crippen LogP contribution in [0.1, 0.15) is 0 Å². The number of aromatic amines is 1. The van der Waals surface area contributed by atoms with Gasteiger partial charge >= 0.3 is 0 Å². The van der Waals surface area contributed by atoms with E-state index < -0.39 is 0 Å². The van der Waals surface area contributed by atoms with E-state index in [0.717, 1.165) is 9.26 Å². The molecular formula is C10H7I2N3O. The predicted molar refractivity (Wildman–Crippen MR) is 80.0 cm³/mol. The highest BCUT2D eigenvalue weighted by atomic mass is 127. The van der Waals surface area contributed by atoms with Gasteiger partial charge in [-0.2, -0.15) is 0 Å². The fourth-order valence-corrected chi connectivity index (χ4v) is 2.11. The summed E-state index contributed by atoms with van der Waals surface area (Å²) in [7, 11) is 0. The summed E-state index contributed by atoms with van der Waals surface area (Å²) in [6.07, 6.45) is 1.39. The first kappa shape index (κ1) is 11.8. The minimum Gasteiger partial charge on any atom is -0.338 e. The van der Waals surface area contributed by atoms with Gasteiger partial charge in [0, 0.05) is 3.57 Å². The minimum absolute atomic E-state index is 0.135. The van der Waals surface area contributed by atoms with Crippen molar-refractivity contribution in [3.05, 3.63) is 48.1 Å². The molecule has 0 atom stereocenters. The second-order valence-corrected chi connectivity index (χ2v) is 5.24. The highest BCUT2D eigenvalue weighted by Crippen LogP contribution is 2.22. The third kappa shape index (κ3) is 2.54. The third-order valence-corrected chi connectivity index (χ3v) is 3.86. The van der Waals surface area contributed by atoms with Gasteiger partial charge in [-0.3, -0.25) is 4.79 Å². The molecule has 2 aromatic rings. The molecule has 0 radical (unpaired) electrons. The quantitative estimate of drug-likeness (QED) is 0.709. The summed E-state index contributed by atoms with van der Waals surface area (Å²) in [5.74, 6) is 0.577. The van der Waals surface area contributed by atoms with Gasteiger partial charge in [0.25, 0.3) is 5.56 Å². The van der Waals surface area contributed by atoms with Crippen molar-refractivity contribution in [3.63, 3.8) is 0 Å². The number of nitrogens with one attached hydrogen (secondary N) is 2. The zero-order chi connectivity index (χ0) is 11.5. The number of benzene rings is 1. The molecule has 16 heavy (non-hydrogen) atoms. The molecule has 4 nitrogen and oxygen atoms in total. The van der Waals surface area contributed by atoms with Crippen LogP contribution in [0.4, 0.5) is 11.5 Å². The van der Waals surface area contributed by atoms with Gasteiger partial charge in [0.15, 0.2) is 5.82 Å². The molecular weight excluding hydrogens is 432 g/mol. The van der Waals surface area contributed by atoms with Crippen LogP contribution in [-0.2, 0) is 0 Å². The van der Waals surface area contributed by atoms with Crippen LogP contribution in [0.5, 0.6) is 0 Å². The van der Waals surface area contributed by atoms with E-state index in [0.29, 0.717) is 9.39 Å². The molecule has 2 N–H and O–H groups in total. The third-order valence-electron chi connectivity index (χ3n) is 1.92. The maximum Gasteiger partial charge on any atom is 0.266 e. The maximum absolute atomic E-state index is 11.4. The molecule has 0 aliphatic heterocycles. The summed E-state index contributed by atoms with van der Waals surface area (Å²) in [6, 6.07) is 7.83. The van der Waals surface area contributed by atoms with Crippen LogP contribution in [0.3, 0.4) is 0 Å². The summed E-state index contributed by atoms with van der Waals surface area (Å²) in [5.41, 5.74) is 0.808. The summed E-state index contributed by atoms with van der Waals surface area (Å²) < 4.78 is 1.64. The van der Waals surface area contributed by atoms with Crippen LogP contribution in [0.2, 0.25) is 0 Å². The van der Waals surface area contributed by atoms with E-state index in [1.807, 2.05) is 46.9 Å². The standard InChI is InChI=1S/C10H7I2N3O/c11-6-3-1-2-4-7(6)15-9-8(12)10(16)14-5-13-9/h1-5H,(H2,13,14,15,16). The Morgan fingerprint density at radius 3 is 2.75 bits per heavy atom. The second kappa shape index (κ2) is 5.13. The Morgan fingerprint density at radius 2 is 2.00 bits per heavy atom. The summed E-state index contributed by atoms with van der Waals surface area (Å²) >= 11 is 4.20. The van der Waals surface area contributed by atoms with Gasteiger partial charge in [0.1, 0.15) is 3.57 Å². The molecule has 0 amide bonds. The molecule has 1 heterocycles. The van der Waals surface area contributed by atoms with Gasteiger partial charge in [-0.15, -0.1) is 0 Å². The number of hydrogen-bond donors (Lipinski definition) is 2. The van der Waals surface area contributed by atoms with Crippen LogP contribution in [0, 0.1) is 7.14 Å². The molecule has 0 saturated carbocycles. The fourth-order valence-electron chi connectivity index (χ4n) is 1.16. The van der Waals surface area contributed by atoms with E-state index in [2.05, 4.69) is 37.9 Å². The van der Waals surface area contributed by atoms with Crippen LogP contribution in [-0.4, -0.2) is 9.97 Å². The van der Waals surface area contributed by atoms with Crippen LogP contribution >= 0.6 is 45.2 Å². The first-order valence-electron chi connectivity index (χ1n) is 4.43. The Balaban J connectivity index is 2.38. The molecule has 0 fully saturated rings. The van der Waals surface area contributed by atoms with Crippen molar-refractivity contribution < 1.29 is 0 Å². The lowest BCUT2D eigenvalue weighted by Crippen LogP contribution is -2.13. The monoisotopic (exact) mass is 439 g/mol. The Labute approximate surface area is 119 Å². The van der Waals surface area contributed by atoms with E-state index in [1.54, 1.807) is 0 Å². The predicted octanol–water partition coefficient (Wildman–Crippen LogP) is 2.72. The average Bonchev–Trinajstić information content (AvgIpc) is 2.28. The van der Waals surface area contributed by atoms with Crippen LogP contribution < -0.4 is 10.9 Å². The Hall–Kier alpha value is -0.640. The number of H-pyrrole nitrogens is 1. The lowest BCUT2D eigenvalue weighted by molar-refractivity contribution is 1.10. The molecule has 0 bridgehead atoms. The number of aromatic nitrogens is 2. The molecule has 1 aromatic heterocycles. The van der Waals surface area contributed by atoms with E-state index >= 15 is 0 Å². The number of halogens is 2. The van der Waals surface area contributed by atoms with Crippen molar-refractivity contribution in [2.45, 2.75) is 0 Å². The maximum atomic E-state index is 11.4. The van der Waals surface area contributed by atoms with Crippen molar-refractivity contribution in [2.24, 2.45) is 0 Å². The second-order valence-electron chi connectivity index (χ2n) is 3.00. The highest BCUT2D eigenvalue weighted by molar-refractivity contribution is 14.1. The lowest BCUT2D eigenvalue weighted by atomic mass is 10.3. The van der Waals surface area contributed by atoms with Crippen LogP contribution in [0.25, 0.3) is 0 Å². The van der Waals surface area contributed by atoms with E-state index in [1.165, 1.54) is 6.33 Å². The molecule has 0 unspecified atom stereocenters. The fraction of sp³-hybridized carbons (Fsp3) is 0. The van der Waals surface area contributed by atoms with E-state index in [4.69, 9.17) is 0 Å². The highest BCUT2D eigenvalue weighted by Gasteiger charge is 2.06. The van der Waals surface area contributed by atoms with Crippen molar-refractivity contribution in [2.75, 3.05) is 5.32 Å². The zero-order valence-corrected chi connectivity index (χ0v) is 12.3. The van der Waals surface area contributed by atoms with Gasteiger partial charge < -0.3 is 10.3 Å². The minimum atomic E-state index is -0.135. The molecule has 6 heteroatoms. The normalized spacial score (nSPS) is 10.1. The topological polar surface area (TPSA) is 57.8 Å². The largest absolute Gasteiger partial charge is 0.338 e. The van der Waals surface area contributed by atoms with Gasteiger partial charge in [0.05, 0.1) is 12.0 Å². The van der Waals surface area contributed by atoms with E-state index in [9.17, 15) is 4.79 Å². The van der Waals surface area contributed by atoms with Crippen molar-refractivity contribution in [1.29, 1.82) is 0 Å². The van der Waals surface area contributed by atoms with Crippen molar-refractivity contribution in [1.82, 2.24) is 9.97 Å². The van der Waals surface area contributed by atoms with Gasteiger partial charge in [0.2, 0.25) is 0 Å². The summed E-state index contributed by atoms with van der Waals surface area (Å²) in [5, 5.41) is 3.14. The Kier molecular flexibility index (Phi) is 3.79. The average molecular weight is 439 g/mol. The van der Waals surface area contributed by atoms with Gasteiger partial charge in [-0.05, 0) is 57.3 Å². The summed E-state index contributed by atoms with van der Waals surface area (Å²) in [6.45, 7) is 0. The summed E-state index contributed by atoms with van der Waals surface area (Å²) in [4.78, 5) is 18.0. The number of para-hydroxylation sites is 1. The smallest absolute Gasteiger partial charge is 0.266 e. The molecule has 0 aliphatic carbocycles. The Bertz CT molecular complexity index is 568. The first-order chi connectivity index (χ1) is 7.68. The zero-order valence-electron chi connectivity index (χ0n) is 8.00. The molecule has 0 saturated heterocycles. The molecule has 0 spiro atoms. The number of anilines is 2. The van der Waals surface area contributed by atoms with E-state index in [-0.39, 0.29) is 5.56 Å². The van der Waals surface area contributed by atoms with Crippen LogP contribution in [0.15, 0.2) is 35.4 Å². The number of rotatable bonds is 2. The van der Waals surface area contributed by atoms with Gasteiger partial charge in [-0.1, -0.05) is 12.1 Å². The molecule has 1 aromatic carbocycles. The lowest BCUT2D eigenvalue weighted by Gasteiger charge is -2.07. The molecule has 0 aliphatic rings. The molecule has 2 rings (SSSR count). The van der Waals surface area contributed by atoms with Crippen molar-refractivity contribution >= 4 is 56.7 Å². The Morgan fingerprint density at radius 1 is 1.25 bits per heavy atom. The van der Waals surface area contributed by atoms with Crippen molar-refractivity contribution in [3.8, 4) is 0 Å². The molecule has 82 valence electrons. The first-order valence-corrected chi connectivity index (χ1v) is 6.59.